The zero-order valence-corrected chi connectivity index (χ0v) is 14.2. The summed E-state index contributed by atoms with van der Waals surface area (Å²) in [6, 6.07) is 0. The summed E-state index contributed by atoms with van der Waals surface area (Å²) in [5.41, 5.74) is 0.148. The van der Waals surface area contributed by atoms with Crippen molar-refractivity contribution in [2.45, 2.75) is 52.1 Å². The minimum absolute atomic E-state index is 0.0514. The van der Waals surface area contributed by atoms with Gasteiger partial charge in [0.25, 0.3) is 0 Å². The van der Waals surface area contributed by atoms with E-state index in [1.54, 1.807) is 0 Å². The fourth-order valence-electron chi connectivity index (χ4n) is 6.61. The molecule has 0 heterocycles. The van der Waals surface area contributed by atoms with Crippen molar-refractivity contribution < 1.29 is 10.2 Å². The van der Waals surface area contributed by atoms with Crippen molar-refractivity contribution in [1.29, 1.82) is 0 Å². The Morgan fingerprint density at radius 2 is 2.00 bits per heavy atom. The maximum atomic E-state index is 10.6. The highest BCUT2D eigenvalue weighted by molar-refractivity contribution is 5.29. The Morgan fingerprint density at radius 1 is 1.22 bits per heavy atom. The number of hydrogen-bond acceptors (Lipinski definition) is 2. The summed E-state index contributed by atoms with van der Waals surface area (Å²) in [6.45, 7) is 4.64. The highest BCUT2D eigenvalue weighted by atomic mass is 16.3. The van der Waals surface area contributed by atoms with Crippen LogP contribution in [0, 0.1) is 52.8 Å². The first-order valence-electron chi connectivity index (χ1n) is 9.14. The van der Waals surface area contributed by atoms with E-state index in [0.29, 0.717) is 29.4 Å². The van der Waals surface area contributed by atoms with Crippen LogP contribution in [0.5, 0.6) is 0 Å². The first-order chi connectivity index (χ1) is 10.9. The van der Waals surface area contributed by atoms with Gasteiger partial charge in [0, 0.05) is 5.92 Å². The summed E-state index contributed by atoms with van der Waals surface area (Å²) in [6.07, 6.45) is 17.2. The molecule has 0 saturated heterocycles. The van der Waals surface area contributed by atoms with Gasteiger partial charge in [0.2, 0.25) is 0 Å². The smallest absolute Gasteiger partial charge is 0.111 e. The van der Waals surface area contributed by atoms with Crippen LogP contribution in [0.25, 0.3) is 0 Å². The van der Waals surface area contributed by atoms with E-state index in [0.717, 1.165) is 32.1 Å². The molecule has 4 aliphatic rings. The van der Waals surface area contributed by atoms with E-state index in [1.165, 1.54) is 0 Å². The van der Waals surface area contributed by atoms with Crippen molar-refractivity contribution in [1.82, 2.24) is 0 Å². The topological polar surface area (TPSA) is 40.5 Å². The highest BCUT2D eigenvalue weighted by Gasteiger charge is 2.61. The lowest BCUT2D eigenvalue weighted by atomic mass is 9.44. The molecule has 4 aliphatic carbocycles. The van der Waals surface area contributed by atoms with Gasteiger partial charge in [-0.05, 0) is 78.8 Å². The van der Waals surface area contributed by atoms with Gasteiger partial charge >= 0.3 is 0 Å². The van der Waals surface area contributed by atoms with Gasteiger partial charge in [-0.25, -0.2) is 0 Å². The van der Waals surface area contributed by atoms with Crippen molar-refractivity contribution in [2.24, 2.45) is 40.4 Å². The number of aliphatic hydroxyl groups excluding tert-OH is 2. The zero-order valence-electron chi connectivity index (χ0n) is 14.2. The van der Waals surface area contributed by atoms with E-state index in [4.69, 9.17) is 6.42 Å². The lowest BCUT2D eigenvalue weighted by Crippen LogP contribution is -2.55. The number of aliphatic hydroxyl groups is 2. The van der Waals surface area contributed by atoms with Crippen molar-refractivity contribution in [3.05, 3.63) is 24.0 Å². The average molecular weight is 312 g/mol. The van der Waals surface area contributed by atoms with Crippen molar-refractivity contribution in [2.75, 3.05) is 0 Å². The molecule has 0 aromatic rings. The van der Waals surface area contributed by atoms with Crippen molar-refractivity contribution in [3.8, 4) is 12.3 Å². The Morgan fingerprint density at radius 3 is 2.74 bits per heavy atom. The van der Waals surface area contributed by atoms with Crippen molar-refractivity contribution >= 4 is 0 Å². The Bertz CT molecular complexity index is 612. The third kappa shape index (κ3) is 1.92. The molecule has 0 unspecified atom stereocenters. The molecule has 0 amide bonds. The van der Waals surface area contributed by atoms with Crippen LogP contribution in [0.15, 0.2) is 24.0 Å². The summed E-state index contributed by atoms with van der Waals surface area (Å²) in [4.78, 5) is 0. The van der Waals surface area contributed by atoms with E-state index < -0.39 is 0 Å². The predicted octanol–water partition coefficient (Wildman–Crippen LogP) is 4.08. The van der Waals surface area contributed by atoms with Gasteiger partial charge in [0.15, 0.2) is 0 Å². The van der Waals surface area contributed by atoms with Gasteiger partial charge in [-0.1, -0.05) is 19.9 Å². The van der Waals surface area contributed by atoms with Gasteiger partial charge in [0.05, 0.1) is 6.10 Å². The van der Waals surface area contributed by atoms with Gasteiger partial charge in [0.1, 0.15) is 5.76 Å². The van der Waals surface area contributed by atoms with Crippen LogP contribution < -0.4 is 0 Å². The summed E-state index contributed by atoms with van der Waals surface area (Å²) in [5, 5.41) is 20.5. The molecule has 0 aromatic heterocycles. The number of hydrogen-bond donors (Lipinski definition) is 2. The molecule has 0 aromatic carbocycles. The van der Waals surface area contributed by atoms with Gasteiger partial charge < -0.3 is 10.2 Å². The molecule has 0 radical (unpaired) electrons. The van der Waals surface area contributed by atoms with E-state index >= 15 is 0 Å². The summed E-state index contributed by atoms with van der Waals surface area (Å²) >= 11 is 0. The van der Waals surface area contributed by atoms with Crippen LogP contribution in [0.1, 0.15) is 46.0 Å². The molecule has 0 spiro atoms. The first kappa shape index (κ1) is 15.3. The largest absolute Gasteiger partial charge is 0.508 e. The summed E-state index contributed by atoms with van der Waals surface area (Å²) < 4.78 is 0. The second kappa shape index (κ2) is 4.90. The molecule has 0 aliphatic heterocycles. The van der Waals surface area contributed by atoms with Gasteiger partial charge in [-0.15, -0.1) is 12.3 Å². The molecular weight excluding hydrogens is 284 g/mol. The lowest BCUT2D eigenvalue weighted by Gasteiger charge is -2.59. The fraction of sp³-hybridized carbons (Fsp3) is 0.714. The van der Waals surface area contributed by atoms with Crippen LogP contribution >= 0.6 is 0 Å². The van der Waals surface area contributed by atoms with Crippen LogP contribution in [-0.2, 0) is 0 Å². The van der Waals surface area contributed by atoms with E-state index in [-0.39, 0.29) is 22.9 Å². The fourth-order valence-corrected chi connectivity index (χ4v) is 6.61. The Hall–Kier alpha value is -1.20. The maximum absolute atomic E-state index is 10.6. The molecule has 2 heteroatoms. The summed E-state index contributed by atoms with van der Waals surface area (Å²) in [7, 11) is 0. The molecule has 4 rings (SSSR count). The number of rotatable bonds is 0. The van der Waals surface area contributed by atoms with Crippen molar-refractivity contribution in [3.63, 3.8) is 0 Å². The quantitative estimate of drug-likeness (QED) is 0.662. The third-order valence-corrected chi connectivity index (χ3v) is 8.05. The van der Waals surface area contributed by atoms with Gasteiger partial charge in [-0.3, -0.25) is 0 Å². The monoisotopic (exact) mass is 312 g/mol. The highest BCUT2D eigenvalue weighted by Crippen LogP contribution is 2.66. The van der Waals surface area contributed by atoms with E-state index in [1.807, 2.05) is 12.2 Å². The molecule has 23 heavy (non-hydrogen) atoms. The third-order valence-electron chi connectivity index (χ3n) is 8.05. The lowest BCUT2D eigenvalue weighted by molar-refractivity contribution is -0.100. The van der Waals surface area contributed by atoms with Crippen LogP contribution in [0.3, 0.4) is 0 Å². The average Bonchev–Trinajstić information content (AvgIpc) is 2.83. The normalized spacial score (nSPS) is 54.4. The Labute approximate surface area is 139 Å². The molecule has 3 saturated carbocycles. The van der Waals surface area contributed by atoms with Gasteiger partial charge in [-0.2, -0.15) is 0 Å². The van der Waals surface area contributed by atoms with Crippen LogP contribution in [0.2, 0.25) is 0 Å². The molecular formula is C21H28O2. The number of allylic oxidation sites excluding steroid dienone is 3. The molecule has 0 bridgehead atoms. The molecule has 8 atom stereocenters. The van der Waals surface area contributed by atoms with Crippen LogP contribution in [0.4, 0.5) is 0 Å². The predicted molar refractivity (Wildman–Crippen MR) is 91.4 cm³/mol. The second-order valence-electron chi connectivity index (χ2n) is 8.83. The zero-order chi connectivity index (χ0) is 16.4. The maximum Gasteiger partial charge on any atom is 0.111 e. The Balaban J connectivity index is 1.76. The van der Waals surface area contributed by atoms with E-state index in [2.05, 4.69) is 25.8 Å². The second-order valence-corrected chi connectivity index (χ2v) is 8.83. The molecule has 3 fully saturated rings. The number of terminal acetylenes is 1. The Kier molecular flexibility index (Phi) is 3.27. The molecule has 2 N–H and O–H groups in total. The number of fused-ring (bicyclic) bond motifs is 5. The van der Waals surface area contributed by atoms with Crippen LogP contribution in [-0.4, -0.2) is 16.3 Å². The van der Waals surface area contributed by atoms with E-state index in [9.17, 15) is 10.2 Å². The minimum Gasteiger partial charge on any atom is -0.508 e. The summed E-state index contributed by atoms with van der Waals surface area (Å²) in [5.74, 6) is 5.70. The first-order valence-corrected chi connectivity index (χ1v) is 9.14. The molecule has 124 valence electrons. The minimum atomic E-state index is -0.164. The molecule has 2 nitrogen and oxygen atoms in total. The standard InChI is InChI=1S/C21H28O2/c1-4-13-11-14-12-15(22)7-9-20(14,2)17-8-10-21(3)16(19(13)17)5-6-18(21)23/h1,7,9,12-14,16-19,22-23H,5-6,8,10-11H2,2-3H3/t13-,14+,16-,17-,18-,19-,20-,21-/m0/s1. The SMILES string of the molecule is C#C[C@H]1C[C@@H]2C=C(O)C=C[C@]2(C)[C@H]2CC[C@]3(C)[C@@H](O)CC[C@H]3[C@H]12.